The first-order valence-electron chi connectivity index (χ1n) is 33.3. The van der Waals surface area contributed by atoms with Crippen molar-refractivity contribution in [3.8, 4) is 0 Å². The van der Waals surface area contributed by atoms with Gasteiger partial charge in [-0.3, -0.25) is 57.9 Å². The molecule has 0 aliphatic carbocycles. The maximum absolute atomic E-state index is 14.5. The van der Waals surface area contributed by atoms with E-state index in [2.05, 4.69) is 57.8 Å². The summed E-state index contributed by atoms with van der Waals surface area (Å²) in [6, 6.07) is -13.4. The Labute approximate surface area is 557 Å². The minimum Gasteiger partial charge on any atom is -0.481 e. The van der Waals surface area contributed by atoms with Crippen LogP contribution in [-0.4, -0.2) is 207 Å². The molecule has 36 heteroatoms. The number of guanidine groups is 2. The number of hydrogen-bond donors (Lipinski definition) is 23. The van der Waals surface area contributed by atoms with Gasteiger partial charge in [0.2, 0.25) is 53.2 Å². The third-order valence-electron chi connectivity index (χ3n) is 15.2. The van der Waals surface area contributed by atoms with Crippen LogP contribution < -0.4 is 117 Å². The first kappa shape index (κ1) is 87.4. The van der Waals surface area contributed by atoms with Gasteiger partial charge in [0.05, 0.1) is 6.04 Å². The van der Waals surface area contributed by atoms with E-state index in [0.29, 0.717) is 96.6 Å². The van der Waals surface area contributed by atoms with Gasteiger partial charge in [0.25, 0.3) is 0 Å². The number of nitrogens with zero attached hydrogens (tertiary/aromatic N) is 2. The fourth-order valence-corrected chi connectivity index (χ4v) is 9.74. The van der Waals surface area contributed by atoms with Crippen LogP contribution in [0.4, 0.5) is 0 Å². The number of carboxylic acids is 2. The van der Waals surface area contributed by atoms with E-state index in [1.807, 2.05) is 0 Å². The molecule has 10 atom stereocenters. The highest BCUT2D eigenvalue weighted by molar-refractivity contribution is 5.98. The second kappa shape index (κ2) is 53.6. The van der Waals surface area contributed by atoms with Gasteiger partial charge in [-0.1, -0.05) is 6.42 Å². The maximum Gasteiger partial charge on any atom is 0.326 e. The molecular weight excluding hydrogens is 1240 g/mol. The number of carboxylic acid groups (broad SMARTS) is 2. The van der Waals surface area contributed by atoms with Gasteiger partial charge in [0, 0.05) is 19.5 Å². The van der Waals surface area contributed by atoms with Crippen LogP contribution in [-0.2, 0) is 52.7 Å². The van der Waals surface area contributed by atoms with E-state index >= 15 is 0 Å². The molecule has 0 heterocycles. The van der Waals surface area contributed by atoms with E-state index in [1.54, 1.807) is 0 Å². The highest BCUT2D eigenvalue weighted by Gasteiger charge is 2.36. The Morgan fingerprint density at radius 1 is 0.274 bits per heavy atom. The van der Waals surface area contributed by atoms with Gasteiger partial charge in [0.1, 0.15) is 54.4 Å². The first-order chi connectivity index (χ1) is 45.3. The molecule has 0 bridgehead atoms. The van der Waals surface area contributed by atoms with E-state index in [-0.39, 0.29) is 135 Å². The number of aliphatic carboxylic acids is 2. The SMILES string of the molecule is NCCCC[C@H](NC(=O)[C@H](CCCCN)NC(=O)[C@H](CCCCN)NC(=O)[C@H](CCC(=O)O)NC(=O)[C@H](CCCCN)NC(=O)[C@H](CCCCN)NC(=O)[C@H](CCCN=C(N)N)NC(=O)[C@H](CCCCN)NC(=O)[C@@H](N)CCCCN)C(=O)N[C@@H](CCCN=C(N)N)C(=O)O. The highest BCUT2D eigenvalue weighted by Crippen LogP contribution is 2.14. The molecule has 0 saturated carbocycles. The monoisotopic (exact) mass is 1360 g/mol. The van der Waals surface area contributed by atoms with Crippen LogP contribution in [0.1, 0.15) is 173 Å². The molecule has 0 aliphatic rings. The van der Waals surface area contributed by atoms with Crippen molar-refractivity contribution in [3.05, 3.63) is 0 Å². The molecule has 0 rings (SSSR count). The van der Waals surface area contributed by atoms with Crippen molar-refractivity contribution in [1.29, 1.82) is 0 Å². The normalized spacial score (nSPS) is 14.2. The minimum absolute atomic E-state index is 0.00805. The number of nitrogens with two attached hydrogens (primary N) is 12. The van der Waals surface area contributed by atoms with Gasteiger partial charge in [0.15, 0.2) is 11.9 Å². The van der Waals surface area contributed by atoms with Gasteiger partial charge in [-0.05, 0) is 206 Å². The van der Waals surface area contributed by atoms with Crippen LogP contribution in [0.5, 0.6) is 0 Å². The lowest BCUT2D eigenvalue weighted by atomic mass is 10.0. The predicted octanol–water partition coefficient (Wildman–Crippen LogP) is -6.36. The molecule has 546 valence electrons. The number of carbonyl (C=O) groups is 11. The Bertz CT molecular complexity index is 2350. The van der Waals surface area contributed by atoms with Crippen LogP contribution in [0, 0.1) is 0 Å². The molecule has 0 spiro atoms. The summed E-state index contributed by atoms with van der Waals surface area (Å²) >= 11 is 0. The van der Waals surface area contributed by atoms with E-state index in [9.17, 15) is 63.0 Å². The second-order valence-electron chi connectivity index (χ2n) is 23.3. The summed E-state index contributed by atoms with van der Waals surface area (Å²) < 4.78 is 0. The lowest BCUT2D eigenvalue weighted by Gasteiger charge is -2.28. The molecule has 0 saturated heterocycles. The maximum atomic E-state index is 14.5. The molecule has 0 radical (unpaired) electrons. The fourth-order valence-electron chi connectivity index (χ4n) is 9.74. The Morgan fingerprint density at radius 3 is 0.695 bits per heavy atom. The van der Waals surface area contributed by atoms with Gasteiger partial charge in [-0.2, -0.15) is 0 Å². The zero-order chi connectivity index (χ0) is 71.5. The largest absolute Gasteiger partial charge is 0.481 e. The summed E-state index contributed by atoms with van der Waals surface area (Å²) in [6.45, 7) is 1.89. The number of unbranched alkanes of at least 4 members (excludes halogenated alkanes) is 7. The van der Waals surface area contributed by atoms with Crippen LogP contribution in [0.2, 0.25) is 0 Å². The number of hydrogen-bond acceptors (Lipinski definition) is 21. The summed E-state index contributed by atoms with van der Waals surface area (Å²) in [6.07, 6.45) is 4.95. The first-order valence-corrected chi connectivity index (χ1v) is 33.3. The van der Waals surface area contributed by atoms with Gasteiger partial charge >= 0.3 is 11.9 Å². The van der Waals surface area contributed by atoms with Gasteiger partial charge in [-0.25, -0.2) is 4.79 Å². The third-order valence-corrected chi connectivity index (χ3v) is 15.2. The topological polar surface area (TPSA) is 673 Å². The fraction of sp³-hybridized carbons (Fsp3) is 0.780. The van der Waals surface area contributed by atoms with Crippen molar-refractivity contribution < 1.29 is 63.0 Å². The Morgan fingerprint density at radius 2 is 0.474 bits per heavy atom. The lowest BCUT2D eigenvalue weighted by Crippen LogP contribution is -2.60. The molecule has 35 N–H and O–H groups in total. The minimum atomic E-state index is -1.66. The number of amides is 9. The van der Waals surface area contributed by atoms with Crippen molar-refractivity contribution in [2.45, 2.75) is 234 Å². The lowest BCUT2D eigenvalue weighted by molar-refractivity contribution is -0.142. The molecule has 0 fully saturated rings. The smallest absolute Gasteiger partial charge is 0.326 e. The van der Waals surface area contributed by atoms with Crippen LogP contribution in [0.3, 0.4) is 0 Å². The molecular formula is C59H117N23O13. The van der Waals surface area contributed by atoms with E-state index in [1.165, 1.54) is 0 Å². The average Bonchev–Trinajstić information content (AvgIpc) is 0.979. The van der Waals surface area contributed by atoms with E-state index in [4.69, 9.17) is 68.8 Å². The number of aliphatic imine (C=N–C) groups is 2. The van der Waals surface area contributed by atoms with Crippen LogP contribution in [0.15, 0.2) is 9.98 Å². The molecule has 0 aromatic rings. The van der Waals surface area contributed by atoms with Gasteiger partial charge in [-0.15, -0.1) is 0 Å². The van der Waals surface area contributed by atoms with Crippen molar-refractivity contribution >= 4 is 77.0 Å². The summed E-state index contributed by atoms with van der Waals surface area (Å²) in [7, 11) is 0. The highest BCUT2D eigenvalue weighted by atomic mass is 16.4. The predicted molar refractivity (Wildman–Crippen MR) is 360 cm³/mol. The second-order valence-corrected chi connectivity index (χ2v) is 23.3. The summed E-state index contributed by atoms with van der Waals surface area (Å²) in [5.41, 5.74) is 68.3. The van der Waals surface area contributed by atoms with Crippen molar-refractivity contribution in [2.24, 2.45) is 78.8 Å². The quantitative estimate of drug-likeness (QED) is 0.0153. The summed E-state index contributed by atoms with van der Waals surface area (Å²) in [4.78, 5) is 160. The standard InChI is InChI=1S/C59H117N23O13/c60-28-8-1-17-37(67)48(85)74-38(18-2-9-29-61)49(86)80-44(24-15-35-72-58(68)69)54(91)77-40(20-4-11-31-63)50(87)76-42(22-6-13-33-65)53(90)81-45(26-27-47(83)84)56(93)79-41(21-5-12-32-64)52(89)75-39(19-3-10-30-62)51(88)78-43(23-7-14-34-66)55(92)82-46(57(94)95)25-16-36-73-59(70)71/h37-46H,1-36,60-67H2,(H,74,85)(H,75,89)(H,76,87)(H,77,91)(H,78,88)(H,79,93)(H,80,86)(H,81,90)(H,82,92)(H,83,84)(H,94,95)(H4,68,69,72)(H4,70,71,73)/t37-,38-,39-,40-,41-,42-,43-,44-,45-,46-/m0/s1. The molecule has 0 aromatic carbocycles. The summed E-state index contributed by atoms with van der Waals surface area (Å²) in [5, 5.41) is 43.5. The molecule has 0 unspecified atom stereocenters. The van der Waals surface area contributed by atoms with E-state index in [0.717, 1.165) is 0 Å². The third kappa shape index (κ3) is 41.1. The summed E-state index contributed by atoms with van der Waals surface area (Å²) in [5.74, 6) is -10.6. The zero-order valence-electron chi connectivity index (χ0n) is 55.4. The molecule has 0 aromatic heterocycles. The molecule has 95 heavy (non-hydrogen) atoms. The Hall–Kier alpha value is -7.61. The number of rotatable bonds is 58. The van der Waals surface area contributed by atoms with E-state index < -0.39 is 138 Å². The number of carbonyl (C=O) groups excluding carboxylic acids is 9. The average molecular weight is 1360 g/mol. The molecule has 0 aliphatic heterocycles. The van der Waals surface area contributed by atoms with Crippen molar-refractivity contribution in [2.75, 3.05) is 58.9 Å². The Balaban J connectivity index is 7.24. The van der Waals surface area contributed by atoms with Gasteiger partial charge < -0.3 is 127 Å². The molecule has 36 nitrogen and oxygen atoms in total. The van der Waals surface area contributed by atoms with Crippen LogP contribution >= 0.6 is 0 Å². The number of nitrogens with one attached hydrogen (secondary N) is 9. The van der Waals surface area contributed by atoms with Crippen molar-refractivity contribution in [3.63, 3.8) is 0 Å². The molecule has 9 amide bonds. The van der Waals surface area contributed by atoms with Crippen molar-refractivity contribution in [1.82, 2.24) is 47.9 Å². The Kier molecular flexibility index (Phi) is 49.3. The zero-order valence-corrected chi connectivity index (χ0v) is 55.4. The van der Waals surface area contributed by atoms with Crippen LogP contribution in [0.25, 0.3) is 0 Å².